The number of carbonyl (C=O) groups excluding carboxylic acids is 1. The van der Waals surface area contributed by atoms with Gasteiger partial charge in [0.05, 0.1) is 12.5 Å². The molecule has 0 bridgehead atoms. The van der Waals surface area contributed by atoms with E-state index in [-0.39, 0.29) is 11.9 Å². The molecule has 0 heterocycles. The highest BCUT2D eigenvalue weighted by Crippen LogP contribution is 2.05. The van der Waals surface area contributed by atoms with Crippen LogP contribution in [0.15, 0.2) is 0 Å². The van der Waals surface area contributed by atoms with E-state index in [1.807, 2.05) is 13.0 Å². The van der Waals surface area contributed by atoms with Crippen molar-refractivity contribution in [1.82, 2.24) is 4.90 Å². The van der Waals surface area contributed by atoms with Crippen LogP contribution in [0.25, 0.3) is 0 Å². The smallest absolute Gasteiger partial charge is 0.240 e. The summed E-state index contributed by atoms with van der Waals surface area (Å²) in [6.07, 6.45) is 0.339. The third kappa shape index (κ3) is 3.10. The molecule has 0 radical (unpaired) electrons. The molecule has 0 aliphatic rings. The van der Waals surface area contributed by atoms with Crippen LogP contribution < -0.4 is 0 Å². The Morgan fingerprint density at radius 3 is 2.50 bits per heavy atom. The van der Waals surface area contributed by atoms with Crippen LogP contribution in [0.1, 0.15) is 20.3 Å². The minimum absolute atomic E-state index is 0.0660. The first-order valence-electron chi connectivity index (χ1n) is 3.78. The zero-order valence-corrected chi connectivity index (χ0v) is 8.30. The maximum atomic E-state index is 11.2. The summed E-state index contributed by atoms with van der Waals surface area (Å²) in [6, 6.07) is 1.94. The van der Waals surface area contributed by atoms with Gasteiger partial charge in [-0.15, -0.1) is 11.6 Å². The first kappa shape index (κ1) is 11.2. The van der Waals surface area contributed by atoms with E-state index in [0.29, 0.717) is 6.42 Å². The third-order valence-corrected chi connectivity index (χ3v) is 1.92. The van der Waals surface area contributed by atoms with Crippen LogP contribution in [0.5, 0.6) is 0 Å². The summed E-state index contributed by atoms with van der Waals surface area (Å²) in [4.78, 5) is 12.7. The van der Waals surface area contributed by atoms with Crippen molar-refractivity contribution < 1.29 is 4.79 Å². The predicted molar refractivity (Wildman–Crippen MR) is 47.8 cm³/mol. The molecule has 12 heavy (non-hydrogen) atoms. The molecule has 68 valence electrons. The van der Waals surface area contributed by atoms with Crippen molar-refractivity contribution in [3.8, 4) is 6.07 Å². The second-order valence-corrected chi connectivity index (χ2v) is 3.43. The number of rotatable bonds is 3. The van der Waals surface area contributed by atoms with Crippen LogP contribution in [-0.4, -0.2) is 29.3 Å². The number of nitriles is 1. The fraction of sp³-hybridized carbons (Fsp3) is 0.750. The van der Waals surface area contributed by atoms with Crippen LogP contribution in [0.2, 0.25) is 0 Å². The molecule has 0 spiro atoms. The summed E-state index contributed by atoms with van der Waals surface area (Å²) in [6.45, 7) is 3.44. The molecule has 0 aliphatic heterocycles. The number of hydrogen-bond acceptors (Lipinski definition) is 2. The number of halogens is 1. The molecule has 1 amide bonds. The first-order chi connectivity index (χ1) is 5.50. The minimum Gasteiger partial charge on any atom is -0.341 e. The van der Waals surface area contributed by atoms with Gasteiger partial charge in [-0.1, -0.05) is 0 Å². The van der Waals surface area contributed by atoms with Gasteiger partial charge in [0.1, 0.15) is 5.38 Å². The summed E-state index contributed by atoms with van der Waals surface area (Å²) in [7, 11) is 1.66. The molecule has 0 aromatic heterocycles. The van der Waals surface area contributed by atoms with Crippen LogP contribution in [0.3, 0.4) is 0 Å². The number of carbonyl (C=O) groups is 1. The van der Waals surface area contributed by atoms with Crippen molar-refractivity contribution in [2.75, 3.05) is 7.05 Å². The Morgan fingerprint density at radius 2 is 2.17 bits per heavy atom. The highest BCUT2D eigenvalue weighted by Gasteiger charge is 2.19. The average Bonchev–Trinajstić information content (AvgIpc) is 2.02. The van der Waals surface area contributed by atoms with Gasteiger partial charge >= 0.3 is 0 Å². The second-order valence-electron chi connectivity index (χ2n) is 2.78. The fourth-order valence-electron chi connectivity index (χ4n) is 0.767. The molecule has 2 unspecified atom stereocenters. The van der Waals surface area contributed by atoms with E-state index in [1.54, 1.807) is 14.0 Å². The number of nitrogens with zero attached hydrogens (tertiary/aromatic N) is 2. The minimum atomic E-state index is -0.517. The lowest BCUT2D eigenvalue weighted by atomic mass is 10.2. The number of alkyl halides is 1. The topological polar surface area (TPSA) is 44.1 Å². The van der Waals surface area contributed by atoms with Crippen molar-refractivity contribution >= 4 is 17.5 Å². The Bertz CT molecular complexity index is 198. The van der Waals surface area contributed by atoms with Crippen molar-refractivity contribution in [3.05, 3.63) is 0 Å². The van der Waals surface area contributed by atoms with Gasteiger partial charge in [-0.25, -0.2) is 0 Å². The Hall–Kier alpha value is -0.750. The predicted octanol–water partition coefficient (Wildman–Crippen LogP) is 1.37. The van der Waals surface area contributed by atoms with Crippen molar-refractivity contribution in [3.63, 3.8) is 0 Å². The molecule has 0 rings (SSSR count). The summed E-state index contributed by atoms with van der Waals surface area (Å²) >= 11 is 5.59. The van der Waals surface area contributed by atoms with Crippen LogP contribution in [0, 0.1) is 11.3 Å². The summed E-state index contributed by atoms with van der Waals surface area (Å²) in [5.41, 5.74) is 0. The van der Waals surface area contributed by atoms with Gasteiger partial charge in [0, 0.05) is 13.1 Å². The van der Waals surface area contributed by atoms with Gasteiger partial charge in [0.25, 0.3) is 0 Å². The van der Waals surface area contributed by atoms with Gasteiger partial charge in [-0.3, -0.25) is 4.79 Å². The van der Waals surface area contributed by atoms with Crippen LogP contribution in [0.4, 0.5) is 0 Å². The lowest BCUT2D eigenvalue weighted by Gasteiger charge is -2.23. The van der Waals surface area contributed by atoms with E-state index in [4.69, 9.17) is 16.9 Å². The molecule has 3 nitrogen and oxygen atoms in total. The monoisotopic (exact) mass is 188 g/mol. The zero-order valence-electron chi connectivity index (χ0n) is 7.54. The molecule has 0 N–H and O–H groups in total. The van der Waals surface area contributed by atoms with Gasteiger partial charge in [0.2, 0.25) is 5.91 Å². The first-order valence-corrected chi connectivity index (χ1v) is 4.22. The van der Waals surface area contributed by atoms with E-state index in [9.17, 15) is 4.79 Å². The molecular formula is C8H13ClN2O. The van der Waals surface area contributed by atoms with E-state index < -0.39 is 5.38 Å². The summed E-state index contributed by atoms with van der Waals surface area (Å²) in [5.74, 6) is -0.139. The molecule has 0 aromatic carbocycles. The highest BCUT2D eigenvalue weighted by molar-refractivity contribution is 6.30. The average molecular weight is 189 g/mol. The maximum Gasteiger partial charge on any atom is 0.240 e. The van der Waals surface area contributed by atoms with E-state index >= 15 is 0 Å². The molecule has 2 atom stereocenters. The zero-order chi connectivity index (χ0) is 9.72. The largest absolute Gasteiger partial charge is 0.341 e. The lowest BCUT2D eigenvalue weighted by Crippen LogP contribution is -2.38. The molecule has 0 saturated heterocycles. The maximum absolute atomic E-state index is 11.2. The molecular weight excluding hydrogens is 176 g/mol. The SMILES string of the molecule is CC(Cl)C(=O)N(C)C(C)CC#N. The van der Waals surface area contributed by atoms with Crippen LogP contribution in [-0.2, 0) is 4.79 Å². The molecule has 0 saturated carbocycles. The van der Waals surface area contributed by atoms with Crippen molar-refractivity contribution in [2.24, 2.45) is 0 Å². The molecule has 4 heteroatoms. The van der Waals surface area contributed by atoms with E-state index in [0.717, 1.165) is 0 Å². The normalized spacial score (nSPS) is 14.6. The fourth-order valence-corrected chi connectivity index (χ4v) is 0.921. The van der Waals surface area contributed by atoms with Gasteiger partial charge < -0.3 is 4.90 Å². The standard InChI is InChI=1S/C8H13ClN2O/c1-6(4-5-10)11(3)8(12)7(2)9/h6-7H,4H2,1-3H3. The summed E-state index contributed by atoms with van der Waals surface area (Å²) < 4.78 is 0. The van der Waals surface area contributed by atoms with Gasteiger partial charge in [0.15, 0.2) is 0 Å². The number of hydrogen-bond donors (Lipinski definition) is 0. The Labute approximate surface area is 77.9 Å². The van der Waals surface area contributed by atoms with Crippen molar-refractivity contribution in [2.45, 2.75) is 31.7 Å². The summed E-state index contributed by atoms with van der Waals surface area (Å²) in [5, 5.41) is 7.87. The Morgan fingerprint density at radius 1 is 1.67 bits per heavy atom. The van der Waals surface area contributed by atoms with Gasteiger partial charge in [-0.2, -0.15) is 5.26 Å². The van der Waals surface area contributed by atoms with Gasteiger partial charge in [-0.05, 0) is 13.8 Å². The quantitative estimate of drug-likeness (QED) is 0.628. The number of amides is 1. The molecule has 0 fully saturated rings. The van der Waals surface area contributed by atoms with Crippen LogP contribution >= 0.6 is 11.6 Å². The molecule has 0 aliphatic carbocycles. The Balaban J connectivity index is 4.11. The van der Waals surface area contributed by atoms with E-state index in [1.165, 1.54) is 4.90 Å². The highest BCUT2D eigenvalue weighted by atomic mass is 35.5. The van der Waals surface area contributed by atoms with E-state index in [2.05, 4.69) is 0 Å². The Kier molecular flexibility index (Phi) is 4.68. The van der Waals surface area contributed by atoms with Crippen molar-refractivity contribution in [1.29, 1.82) is 5.26 Å². The third-order valence-electron chi connectivity index (χ3n) is 1.74. The lowest BCUT2D eigenvalue weighted by molar-refractivity contribution is -0.130. The molecule has 0 aromatic rings. The second kappa shape index (κ2) is 5.00.